The number of carbonyl (C=O) groups excluding carboxylic acids is 2. The van der Waals surface area contributed by atoms with E-state index in [9.17, 15) is 9.59 Å². The van der Waals surface area contributed by atoms with Crippen LogP contribution in [-0.2, 0) is 4.79 Å². The van der Waals surface area contributed by atoms with Crippen LogP contribution in [-0.4, -0.2) is 47.3 Å². The summed E-state index contributed by atoms with van der Waals surface area (Å²) in [5, 5.41) is 0. The number of nitrogens with zero attached hydrogens (tertiary/aromatic N) is 2. The molecule has 13 heavy (non-hydrogen) atoms. The maximum atomic E-state index is 11.4. The number of urea groups is 1. The average Bonchev–Trinajstić information content (AvgIpc) is 2.38. The standard InChI is InChI=1S/C8H13ClN2O2/c1-2-11-7(12)6-10(8(11)13)5-3-4-9/h2-6H2,1H3. The van der Waals surface area contributed by atoms with E-state index in [2.05, 4.69) is 0 Å². The van der Waals surface area contributed by atoms with E-state index < -0.39 is 0 Å². The summed E-state index contributed by atoms with van der Waals surface area (Å²) in [6, 6.07) is -0.183. The van der Waals surface area contributed by atoms with Crippen LogP contribution in [0, 0.1) is 0 Å². The molecular formula is C8H13ClN2O2. The third-order valence-corrected chi connectivity index (χ3v) is 2.27. The molecule has 74 valence electrons. The molecule has 0 N–H and O–H groups in total. The lowest BCUT2D eigenvalue weighted by molar-refractivity contribution is -0.125. The summed E-state index contributed by atoms with van der Waals surface area (Å²) in [5.41, 5.74) is 0. The Morgan fingerprint density at radius 2 is 2.15 bits per heavy atom. The first-order valence-corrected chi connectivity index (χ1v) is 4.89. The maximum absolute atomic E-state index is 11.4. The quantitative estimate of drug-likeness (QED) is 0.504. The number of alkyl halides is 1. The molecule has 1 saturated heterocycles. The number of hydrogen-bond acceptors (Lipinski definition) is 2. The minimum Gasteiger partial charge on any atom is -0.315 e. The van der Waals surface area contributed by atoms with Gasteiger partial charge < -0.3 is 4.90 Å². The molecule has 4 nitrogen and oxygen atoms in total. The van der Waals surface area contributed by atoms with Crippen LogP contribution in [0.1, 0.15) is 13.3 Å². The van der Waals surface area contributed by atoms with Crippen molar-refractivity contribution in [2.24, 2.45) is 0 Å². The Balaban J connectivity index is 2.52. The fourth-order valence-electron chi connectivity index (χ4n) is 1.33. The second kappa shape index (κ2) is 4.46. The van der Waals surface area contributed by atoms with E-state index in [1.165, 1.54) is 9.80 Å². The zero-order valence-corrected chi connectivity index (χ0v) is 8.38. The lowest BCUT2D eigenvalue weighted by atomic mass is 10.4. The first kappa shape index (κ1) is 10.3. The molecule has 0 aliphatic carbocycles. The molecule has 0 bridgehead atoms. The zero-order valence-electron chi connectivity index (χ0n) is 7.62. The molecule has 0 radical (unpaired) electrons. The Morgan fingerprint density at radius 3 is 2.62 bits per heavy atom. The van der Waals surface area contributed by atoms with Crippen molar-refractivity contribution in [1.29, 1.82) is 0 Å². The number of rotatable bonds is 4. The molecule has 0 spiro atoms. The molecule has 0 aromatic heterocycles. The highest BCUT2D eigenvalue weighted by molar-refractivity contribution is 6.17. The lowest BCUT2D eigenvalue weighted by Crippen LogP contribution is -2.33. The van der Waals surface area contributed by atoms with Crippen LogP contribution in [0.15, 0.2) is 0 Å². The number of likely N-dealkylation sites (N-methyl/N-ethyl adjacent to an activating group) is 1. The zero-order chi connectivity index (χ0) is 9.84. The van der Waals surface area contributed by atoms with Crippen LogP contribution in [0.25, 0.3) is 0 Å². The van der Waals surface area contributed by atoms with Crippen molar-refractivity contribution in [3.05, 3.63) is 0 Å². The van der Waals surface area contributed by atoms with Crippen molar-refractivity contribution in [1.82, 2.24) is 9.80 Å². The van der Waals surface area contributed by atoms with E-state index in [1.807, 2.05) is 0 Å². The Labute approximate surface area is 82.4 Å². The Bertz CT molecular complexity index is 220. The summed E-state index contributed by atoms with van der Waals surface area (Å²) >= 11 is 5.50. The van der Waals surface area contributed by atoms with Crippen LogP contribution in [0.4, 0.5) is 4.79 Å². The van der Waals surface area contributed by atoms with Gasteiger partial charge in [0.2, 0.25) is 5.91 Å². The predicted octanol–water partition coefficient (Wildman–Crippen LogP) is 0.899. The molecule has 1 fully saturated rings. The van der Waals surface area contributed by atoms with Crippen molar-refractivity contribution < 1.29 is 9.59 Å². The summed E-state index contributed by atoms with van der Waals surface area (Å²) in [4.78, 5) is 25.5. The molecule has 0 unspecified atom stereocenters. The third kappa shape index (κ3) is 2.12. The van der Waals surface area contributed by atoms with E-state index >= 15 is 0 Å². The number of amides is 3. The van der Waals surface area contributed by atoms with Crippen molar-refractivity contribution in [2.45, 2.75) is 13.3 Å². The molecular weight excluding hydrogens is 192 g/mol. The average molecular weight is 205 g/mol. The number of halogens is 1. The van der Waals surface area contributed by atoms with Crippen molar-refractivity contribution in [3.8, 4) is 0 Å². The van der Waals surface area contributed by atoms with Crippen molar-refractivity contribution >= 4 is 23.5 Å². The van der Waals surface area contributed by atoms with Crippen LogP contribution in [0.3, 0.4) is 0 Å². The number of hydrogen-bond donors (Lipinski definition) is 0. The van der Waals surface area contributed by atoms with E-state index in [4.69, 9.17) is 11.6 Å². The van der Waals surface area contributed by atoms with Crippen LogP contribution in [0.5, 0.6) is 0 Å². The summed E-state index contributed by atoms with van der Waals surface area (Å²) in [5.74, 6) is 0.409. The monoisotopic (exact) mass is 204 g/mol. The molecule has 0 saturated carbocycles. The highest BCUT2D eigenvalue weighted by atomic mass is 35.5. The van der Waals surface area contributed by atoms with Crippen LogP contribution in [0.2, 0.25) is 0 Å². The van der Waals surface area contributed by atoms with Gasteiger partial charge in [-0.25, -0.2) is 4.79 Å². The Kier molecular flexibility index (Phi) is 3.54. The second-order valence-electron chi connectivity index (χ2n) is 2.88. The van der Waals surface area contributed by atoms with E-state index in [0.29, 0.717) is 19.0 Å². The number of carbonyl (C=O) groups is 2. The van der Waals surface area contributed by atoms with E-state index in [0.717, 1.165) is 6.42 Å². The summed E-state index contributed by atoms with van der Waals surface area (Å²) in [6.07, 6.45) is 0.734. The first-order chi connectivity index (χ1) is 6.20. The molecule has 0 aromatic rings. The largest absolute Gasteiger partial charge is 0.327 e. The van der Waals surface area contributed by atoms with Gasteiger partial charge in [0.15, 0.2) is 0 Å². The highest BCUT2D eigenvalue weighted by Gasteiger charge is 2.33. The van der Waals surface area contributed by atoms with Crippen molar-refractivity contribution in [2.75, 3.05) is 25.5 Å². The van der Waals surface area contributed by atoms with E-state index in [-0.39, 0.29) is 18.5 Å². The fraction of sp³-hybridized carbons (Fsp3) is 0.750. The Hall–Kier alpha value is -0.770. The molecule has 0 atom stereocenters. The van der Waals surface area contributed by atoms with Crippen LogP contribution >= 0.6 is 11.6 Å². The Morgan fingerprint density at radius 1 is 1.46 bits per heavy atom. The van der Waals surface area contributed by atoms with Gasteiger partial charge >= 0.3 is 6.03 Å². The van der Waals surface area contributed by atoms with E-state index in [1.54, 1.807) is 6.92 Å². The number of imide groups is 1. The maximum Gasteiger partial charge on any atom is 0.327 e. The fourth-order valence-corrected chi connectivity index (χ4v) is 1.45. The first-order valence-electron chi connectivity index (χ1n) is 4.36. The van der Waals surface area contributed by atoms with Gasteiger partial charge in [0.25, 0.3) is 0 Å². The molecule has 5 heteroatoms. The molecule has 0 aromatic carbocycles. The van der Waals surface area contributed by atoms with Gasteiger partial charge in [-0.3, -0.25) is 9.69 Å². The van der Waals surface area contributed by atoms with Gasteiger partial charge in [0, 0.05) is 19.0 Å². The summed E-state index contributed by atoms with van der Waals surface area (Å²) < 4.78 is 0. The van der Waals surface area contributed by atoms with Gasteiger partial charge in [-0.05, 0) is 13.3 Å². The summed E-state index contributed by atoms with van der Waals surface area (Å²) in [7, 11) is 0. The molecule has 1 rings (SSSR count). The normalized spacial score (nSPS) is 17.4. The van der Waals surface area contributed by atoms with Crippen molar-refractivity contribution in [3.63, 3.8) is 0 Å². The molecule has 1 aliphatic heterocycles. The van der Waals surface area contributed by atoms with Gasteiger partial charge in [0.05, 0.1) is 0 Å². The van der Waals surface area contributed by atoms with Gasteiger partial charge in [0.1, 0.15) is 6.54 Å². The predicted molar refractivity (Wildman–Crippen MR) is 49.7 cm³/mol. The smallest absolute Gasteiger partial charge is 0.315 e. The molecule has 1 aliphatic rings. The lowest BCUT2D eigenvalue weighted by Gasteiger charge is -2.14. The summed E-state index contributed by atoms with van der Waals surface area (Å²) in [6.45, 7) is 3.03. The minimum atomic E-state index is -0.183. The van der Waals surface area contributed by atoms with Gasteiger partial charge in [-0.15, -0.1) is 11.6 Å². The SMILES string of the molecule is CCN1C(=O)CN(CCCCl)C1=O. The van der Waals surface area contributed by atoms with Crippen LogP contribution < -0.4 is 0 Å². The molecule has 3 amide bonds. The second-order valence-corrected chi connectivity index (χ2v) is 3.26. The van der Waals surface area contributed by atoms with Gasteiger partial charge in [-0.2, -0.15) is 0 Å². The molecule has 1 heterocycles. The van der Waals surface area contributed by atoms with Gasteiger partial charge in [-0.1, -0.05) is 0 Å². The topological polar surface area (TPSA) is 40.6 Å². The minimum absolute atomic E-state index is 0.109. The third-order valence-electron chi connectivity index (χ3n) is 2.01. The highest BCUT2D eigenvalue weighted by Crippen LogP contribution is 2.09.